The zero-order valence-corrected chi connectivity index (χ0v) is 20.9. The number of nitrogens with one attached hydrogen (secondary N) is 1. The Morgan fingerprint density at radius 1 is 0.889 bits per heavy atom. The molecule has 2 amide bonds. The van der Waals surface area contributed by atoms with Crippen LogP contribution in [0.1, 0.15) is 40.0 Å². The summed E-state index contributed by atoms with van der Waals surface area (Å²) in [5.41, 5.74) is 5.40. The van der Waals surface area contributed by atoms with Crippen LogP contribution in [0.5, 0.6) is 0 Å². The first-order valence-electron chi connectivity index (χ1n) is 12.5. The number of hydrogen-bond acceptors (Lipinski definition) is 5. The molecule has 3 aromatic heterocycles. The number of pyridine rings is 2. The number of likely N-dealkylation sites (tertiary alicyclic amines) is 1. The molecule has 4 aromatic rings. The highest BCUT2D eigenvalue weighted by Crippen LogP contribution is 2.52. The van der Waals surface area contributed by atoms with Gasteiger partial charge in [0.15, 0.2) is 0 Å². The Labute approximate surface area is 211 Å². The van der Waals surface area contributed by atoms with Gasteiger partial charge >= 0.3 is 6.03 Å². The summed E-state index contributed by atoms with van der Waals surface area (Å²) in [6.45, 7) is 7.76. The van der Waals surface area contributed by atoms with Crippen molar-refractivity contribution in [3.63, 3.8) is 0 Å². The molecular weight excluding hydrogens is 448 g/mol. The molecule has 7 heteroatoms. The summed E-state index contributed by atoms with van der Waals surface area (Å²) in [6.07, 6.45) is 6.77. The number of carbonyl (C=O) groups is 1. The summed E-state index contributed by atoms with van der Waals surface area (Å²) in [6, 6.07) is 17.4. The fraction of sp³-hybridized carbons (Fsp3) is 0.345. The van der Waals surface area contributed by atoms with E-state index in [1.807, 2.05) is 59.5 Å². The SMILES string of the molecule is CC1(C)C[C@H]2C[C@@](C)(CN2C(=O)Nc2ccc3nc(-c4ccccn4)c(-c4ccccn4)nc3c2)C1. The molecule has 2 atom stereocenters. The van der Waals surface area contributed by atoms with Crippen molar-refractivity contribution in [1.29, 1.82) is 0 Å². The van der Waals surface area contributed by atoms with Crippen molar-refractivity contribution in [1.82, 2.24) is 24.8 Å². The lowest BCUT2D eigenvalue weighted by molar-refractivity contribution is 0.130. The average Bonchev–Trinajstić information content (AvgIpc) is 3.13. The topological polar surface area (TPSA) is 83.9 Å². The van der Waals surface area contributed by atoms with Gasteiger partial charge in [0.05, 0.1) is 22.4 Å². The summed E-state index contributed by atoms with van der Waals surface area (Å²) in [7, 11) is 0. The Morgan fingerprint density at radius 2 is 1.56 bits per heavy atom. The van der Waals surface area contributed by atoms with Gasteiger partial charge in [-0.1, -0.05) is 32.9 Å². The second-order valence-corrected chi connectivity index (χ2v) is 11.3. The zero-order valence-electron chi connectivity index (χ0n) is 20.9. The van der Waals surface area contributed by atoms with Crippen molar-refractivity contribution >= 4 is 22.8 Å². The molecule has 36 heavy (non-hydrogen) atoms. The van der Waals surface area contributed by atoms with Crippen LogP contribution >= 0.6 is 0 Å². The van der Waals surface area contributed by atoms with Gasteiger partial charge in [0.25, 0.3) is 0 Å². The van der Waals surface area contributed by atoms with Crippen LogP contribution in [0.2, 0.25) is 0 Å². The second-order valence-electron chi connectivity index (χ2n) is 11.3. The quantitative estimate of drug-likeness (QED) is 0.380. The molecule has 1 saturated carbocycles. The third kappa shape index (κ3) is 4.19. The lowest BCUT2D eigenvalue weighted by Gasteiger charge is -2.39. The summed E-state index contributed by atoms with van der Waals surface area (Å²) in [5.74, 6) is 0. The number of anilines is 1. The van der Waals surface area contributed by atoms with E-state index in [4.69, 9.17) is 9.97 Å². The van der Waals surface area contributed by atoms with E-state index in [9.17, 15) is 4.79 Å². The van der Waals surface area contributed by atoms with Crippen LogP contribution in [-0.2, 0) is 0 Å². The van der Waals surface area contributed by atoms with Gasteiger partial charge in [0.2, 0.25) is 0 Å². The lowest BCUT2D eigenvalue weighted by atomic mass is 9.65. The Bertz CT molecular complexity index is 1440. The molecule has 4 heterocycles. The van der Waals surface area contributed by atoms with Crippen molar-refractivity contribution in [3.8, 4) is 22.8 Å². The maximum absolute atomic E-state index is 13.3. The standard InChI is InChI=1S/C29H30N6O/c1-28(2)15-20-16-29(3,17-28)18-35(20)27(36)32-19-10-11-21-24(14-19)34-26(23-9-5-7-13-31-23)25(33-21)22-8-4-6-12-30-22/h4-14,20H,15-18H2,1-3H3,(H,32,36)/t20-,29+/m0/s1. The fourth-order valence-corrected chi connectivity index (χ4v) is 6.39. The minimum atomic E-state index is -0.0382. The number of hydrogen-bond donors (Lipinski definition) is 1. The summed E-state index contributed by atoms with van der Waals surface area (Å²) < 4.78 is 0. The van der Waals surface area contributed by atoms with E-state index in [-0.39, 0.29) is 22.9 Å². The first-order valence-corrected chi connectivity index (χ1v) is 12.5. The highest BCUT2D eigenvalue weighted by Gasteiger charge is 2.51. The number of urea groups is 1. The van der Waals surface area contributed by atoms with Gasteiger partial charge in [0.1, 0.15) is 11.4 Å². The van der Waals surface area contributed by atoms with E-state index >= 15 is 0 Å². The van der Waals surface area contributed by atoms with E-state index in [2.05, 4.69) is 36.1 Å². The Balaban J connectivity index is 1.34. The van der Waals surface area contributed by atoms with Crippen LogP contribution in [-0.4, -0.2) is 43.5 Å². The monoisotopic (exact) mass is 478 g/mol. The third-order valence-electron chi connectivity index (χ3n) is 7.41. The molecule has 2 fully saturated rings. The van der Waals surface area contributed by atoms with Crippen molar-refractivity contribution in [2.24, 2.45) is 10.8 Å². The molecule has 0 radical (unpaired) electrons. The normalized spacial score (nSPS) is 22.5. The molecule has 2 bridgehead atoms. The van der Waals surface area contributed by atoms with Gasteiger partial charge in [-0.15, -0.1) is 0 Å². The molecule has 1 aromatic carbocycles. The number of benzene rings is 1. The molecule has 1 aliphatic heterocycles. The molecule has 6 rings (SSSR count). The fourth-order valence-electron chi connectivity index (χ4n) is 6.39. The number of carbonyl (C=O) groups excluding carboxylic acids is 1. The average molecular weight is 479 g/mol. The minimum absolute atomic E-state index is 0.0382. The molecule has 1 aliphatic carbocycles. The Kier molecular flexibility index (Phi) is 5.25. The van der Waals surface area contributed by atoms with Crippen molar-refractivity contribution in [3.05, 3.63) is 67.0 Å². The van der Waals surface area contributed by atoms with Crippen LogP contribution in [0.15, 0.2) is 67.0 Å². The van der Waals surface area contributed by atoms with Gasteiger partial charge in [-0.25, -0.2) is 14.8 Å². The number of fused-ring (bicyclic) bond motifs is 3. The maximum atomic E-state index is 13.3. The zero-order chi connectivity index (χ0) is 24.9. The molecule has 2 aliphatic rings. The Hall–Kier alpha value is -3.87. The third-order valence-corrected chi connectivity index (χ3v) is 7.41. The van der Waals surface area contributed by atoms with E-state index in [0.29, 0.717) is 22.6 Å². The van der Waals surface area contributed by atoms with Crippen LogP contribution in [0.4, 0.5) is 10.5 Å². The first-order chi connectivity index (χ1) is 17.3. The summed E-state index contributed by atoms with van der Waals surface area (Å²) in [5, 5.41) is 3.13. The molecule has 1 N–H and O–H groups in total. The largest absolute Gasteiger partial charge is 0.322 e. The highest BCUT2D eigenvalue weighted by atomic mass is 16.2. The van der Waals surface area contributed by atoms with Gasteiger partial charge < -0.3 is 10.2 Å². The number of nitrogens with zero attached hydrogens (tertiary/aromatic N) is 5. The number of aromatic nitrogens is 4. The predicted molar refractivity (Wildman–Crippen MR) is 141 cm³/mol. The molecule has 1 saturated heterocycles. The van der Waals surface area contributed by atoms with Crippen molar-refractivity contribution in [2.45, 2.75) is 46.1 Å². The number of amides is 2. The van der Waals surface area contributed by atoms with Gasteiger partial charge in [0, 0.05) is 30.7 Å². The van der Waals surface area contributed by atoms with Crippen molar-refractivity contribution in [2.75, 3.05) is 11.9 Å². The smallest absolute Gasteiger partial charge is 0.321 e. The van der Waals surface area contributed by atoms with E-state index < -0.39 is 0 Å². The van der Waals surface area contributed by atoms with Gasteiger partial charge in [-0.05, 0) is 72.6 Å². The van der Waals surface area contributed by atoms with Crippen LogP contribution in [0, 0.1) is 10.8 Å². The molecule has 0 unspecified atom stereocenters. The van der Waals surface area contributed by atoms with Crippen molar-refractivity contribution < 1.29 is 4.79 Å². The predicted octanol–water partition coefficient (Wildman–Crippen LogP) is 6.19. The molecule has 7 nitrogen and oxygen atoms in total. The molecular formula is C29H30N6O. The van der Waals surface area contributed by atoms with Crippen LogP contribution in [0.25, 0.3) is 33.8 Å². The van der Waals surface area contributed by atoms with Crippen LogP contribution < -0.4 is 5.32 Å². The highest BCUT2D eigenvalue weighted by molar-refractivity contribution is 5.93. The first kappa shape index (κ1) is 22.6. The van der Waals surface area contributed by atoms with Gasteiger partial charge in [-0.3, -0.25) is 9.97 Å². The van der Waals surface area contributed by atoms with E-state index in [1.54, 1.807) is 12.4 Å². The minimum Gasteiger partial charge on any atom is -0.321 e. The number of rotatable bonds is 3. The Morgan fingerprint density at radius 3 is 2.19 bits per heavy atom. The second kappa shape index (κ2) is 8.36. The summed E-state index contributed by atoms with van der Waals surface area (Å²) >= 11 is 0. The molecule has 182 valence electrons. The van der Waals surface area contributed by atoms with E-state index in [1.165, 1.54) is 0 Å². The molecule has 0 spiro atoms. The van der Waals surface area contributed by atoms with Crippen LogP contribution in [0.3, 0.4) is 0 Å². The maximum Gasteiger partial charge on any atom is 0.322 e. The van der Waals surface area contributed by atoms with Gasteiger partial charge in [-0.2, -0.15) is 0 Å². The lowest BCUT2D eigenvalue weighted by Crippen LogP contribution is -2.40. The van der Waals surface area contributed by atoms with E-state index in [0.717, 1.165) is 42.7 Å². The summed E-state index contributed by atoms with van der Waals surface area (Å²) in [4.78, 5) is 34.2.